The van der Waals surface area contributed by atoms with Gasteiger partial charge in [-0.05, 0) is 6.42 Å². The van der Waals surface area contributed by atoms with Crippen LogP contribution in [-0.4, -0.2) is 23.4 Å². The Hall–Kier alpha value is -0.610. The zero-order valence-corrected chi connectivity index (χ0v) is 9.79. The summed E-state index contributed by atoms with van der Waals surface area (Å²) in [5, 5.41) is 3.77. The van der Waals surface area contributed by atoms with E-state index in [9.17, 15) is 0 Å². The van der Waals surface area contributed by atoms with Crippen molar-refractivity contribution in [3.8, 4) is 0 Å². The zero-order valence-electron chi connectivity index (χ0n) is 9.04. The van der Waals surface area contributed by atoms with E-state index < -0.39 is 0 Å². The van der Waals surface area contributed by atoms with Crippen LogP contribution < -0.4 is 0 Å². The van der Waals surface area contributed by atoms with Gasteiger partial charge in [0.05, 0.1) is 6.61 Å². The number of rotatable bonds is 8. The monoisotopic (exact) mass is 232 g/mol. The number of hydrogen-bond donors (Lipinski definition) is 0. The van der Waals surface area contributed by atoms with Gasteiger partial charge in [-0.25, -0.2) is 0 Å². The fraction of sp³-hybridized carbons (Fsp3) is 0.800. The third-order valence-corrected chi connectivity index (χ3v) is 2.22. The first-order chi connectivity index (χ1) is 7.36. The molecule has 0 unspecified atom stereocenters. The summed E-state index contributed by atoms with van der Waals surface area (Å²) in [5.41, 5.74) is 0. The zero-order chi connectivity index (χ0) is 10.9. The van der Waals surface area contributed by atoms with Crippen molar-refractivity contribution < 1.29 is 9.26 Å². The molecule has 0 atom stereocenters. The number of aromatic nitrogens is 2. The van der Waals surface area contributed by atoms with Crippen molar-refractivity contribution >= 4 is 11.6 Å². The van der Waals surface area contributed by atoms with Gasteiger partial charge in [0, 0.05) is 13.0 Å². The molecule has 0 N–H and O–H groups in total. The standard InChI is InChI=1S/C10H17ClN2O2/c1-2-3-4-6-14-7-5-9-12-10(8-11)15-13-9/h2-8H2,1H3. The largest absolute Gasteiger partial charge is 0.381 e. The molecule has 0 spiro atoms. The molecule has 1 rings (SSSR count). The minimum atomic E-state index is 0.268. The second-order valence-corrected chi connectivity index (χ2v) is 3.57. The second kappa shape index (κ2) is 7.65. The van der Waals surface area contributed by atoms with E-state index in [1.165, 1.54) is 12.8 Å². The molecule has 0 amide bonds. The topological polar surface area (TPSA) is 48.2 Å². The van der Waals surface area contributed by atoms with Crippen LogP contribution in [0.5, 0.6) is 0 Å². The summed E-state index contributed by atoms with van der Waals surface area (Å²) in [6, 6.07) is 0. The van der Waals surface area contributed by atoms with Gasteiger partial charge in [-0.3, -0.25) is 0 Å². The molecule has 1 heterocycles. The maximum Gasteiger partial charge on any atom is 0.241 e. The van der Waals surface area contributed by atoms with Gasteiger partial charge in [-0.2, -0.15) is 4.98 Å². The summed E-state index contributed by atoms with van der Waals surface area (Å²) >= 11 is 5.53. The van der Waals surface area contributed by atoms with Crippen LogP contribution >= 0.6 is 11.6 Å². The smallest absolute Gasteiger partial charge is 0.241 e. The fourth-order valence-electron chi connectivity index (χ4n) is 1.17. The van der Waals surface area contributed by atoms with Crippen LogP contribution in [0.3, 0.4) is 0 Å². The first-order valence-corrected chi connectivity index (χ1v) is 5.85. The van der Waals surface area contributed by atoms with Crippen molar-refractivity contribution in [2.24, 2.45) is 0 Å². The van der Waals surface area contributed by atoms with E-state index in [2.05, 4.69) is 17.1 Å². The normalized spacial score (nSPS) is 10.8. The molecule has 1 aromatic rings. The number of halogens is 1. The summed E-state index contributed by atoms with van der Waals surface area (Å²) in [5.74, 6) is 1.41. The molecule has 0 aliphatic carbocycles. The Morgan fingerprint density at radius 1 is 1.33 bits per heavy atom. The first kappa shape index (κ1) is 12.5. The lowest BCUT2D eigenvalue weighted by molar-refractivity contribution is 0.131. The van der Waals surface area contributed by atoms with E-state index in [0.29, 0.717) is 24.7 Å². The summed E-state index contributed by atoms with van der Waals surface area (Å²) < 4.78 is 10.3. The van der Waals surface area contributed by atoms with E-state index in [-0.39, 0.29) is 5.88 Å². The predicted octanol–water partition coefficient (Wildman–Crippen LogP) is 2.56. The number of unbranched alkanes of at least 4 members (excludes halogenated alkanes) is 2. The molecule has 0 fully saturated rings. The Balaban J connectivity index is 2.04. The second-order valence-electron chi connectivity index (χ2n) is 3.31. The van der Waals surface area contributed by atoms with Crippen LogP contribution in [0.25, 0.3) is 0 Å². The first-order valence-electron chi connectivity index (χ1n) is 5.32. The van der Waals surface area contributed by atoms with E-state index >= 15 is 0 Å². The molecule has 1 aromatic heterocycles. The van der Waals surface area contributed by atoms with Crippen LogP contribution in [0.1, 0.15) is 37.9 Å². The van der Waals surface area contributed by atoms with Crippen LogP contribution in [0.15, 0.2) is 4.52 Å². The van der Waals surface area contributed by atoms with E-state index in [1.807, 2.05) is 0 Å². The summed E-state index contributed by atoms with van der Waals surface area (Å²) in [4.78, 5) is 4.07. The van der Waals surface area contributed by atoms with Gasteiger partial charge >= 0.3 is 0 Å². The molecule has 0 aliphatic heterocycles. The molecule has 4 nitrogen and oxygen atoms in total. The highest BCUT2D eigenvalue weighted by molar-refractivity contribution is 6.16. The SMILES string of the molecule is CCCCCOCCc1noc(CCl)n1. The van der Waals surface area contributed by atoms with Gasteiger partial charge in [0.25, 0.3) is 0 Å². The number of hydrogen-bond acceptors (Lipinski definition) is 4. The van der Waals surface area contributed by atoms with E-state index in [1.54, 1.807) is 0 Å². The molecule has 0 aliphatic rings. The summed E-state index contributed by atoms with van der Waals surface area (Å²) in [6.07, 6.45) is 4.24. The van der Waals surface area contributed by atoms with Crippen molar-refractivity contribution in [3.63, 3.8) is 0 Å². The average molecular weight is 233 g/mol. The molecule has 0 radical (unpaired) electrons. The Morgan fingerprint density at radius 3 is 2.87 bits per heavy atom. The molecule has 86 valence electrons. The van der Waals surface area contributed by atoms with Gasteiger partial charge in [0.15, 0.2) is 5.82 Å². The summed E-state index contributed by atoms with van der Waals surface area (Å²) in [6.45, 7) is 3.63. The fourth-order valence-corrected chi connectivity index (χ4v) is 1.27. The molecule has 0 saturated carbocycles. The Kier molecular flexibility index (Phi) is 6.36. The van der Waals surface area contributed by atoms with Crippen molar-refractivity contribution in [3.05, 3.63) is 11.7 Å². The average Bonchev–Trinajstić information content (AvgIpc) is 2.71. The van der Waals surface area contributed by atoms with Gasteiger partial charge < -0.3 is 9.26 Å². The highest BCUT2D eigenvalue weighted by Crippen LogP contribution is 2.01. The molecule has 0 aromatic carbocycles. The lowest BCUT2D eigenvalue weighted by Gasteiger charge is -2.00. The quantitative estimate of drug-likeness (QED) is 0.511. The lowest BCUT2D eigenvalue weighted by atomic mass is 10.3. The molecule has 0 saturated heterocycles. The maximum atomic E-state index is 5.53. The highest BCUT2D eigenvalue weighted by Gasteiger charge is 2.03. The van der Waals surface area contributed by atoms with Crippen LogP contribution in [-0.2, 0) is 17.0 Å². The van der Waals surface area contributed by atoms with E-state index in [4.69, 9.17) is 20.9 Å². The van der Waals surface area contributed by atoms with Gasteiger partial charge in [-0.15, -0.1) is 11.6 Å². The molecule has 0 bridgehead atoms. The van der Waals surface area contributed by atoms with Gasteiger partial charge in [0.2, 0.25) is 5.89 Å². The van der Waals surface area contributed by atoms with E-state index in [0.717, 1.165) is 13.0 Å². The van der Waals surface area contributed by atoms with Crippen LogP contribution in [0.4, 0.5) is 0 Å². The molecule has 5 heteroatoms. The van der Waals surface area contributed by atoms with Gasteiger partial charge in [0.1, 0.15) is 5.88 Å². The number of alkyl halides is 1. The van der Waals surface area contributed by atoms with Crippen LogP contribution in [0, 0.1) is 0 Å². The lowest BCUT2D eigenvalue weighted by Crippen LogP contribution is -2.01. The van der Waals surface area contributed by atoms with Crippen molar-refractivity contribution in [1.82, 2.24) is 10.1 Å². The minimum absolute atomic E-state index is 0.268. The molecular formula is C10H17ClN2O2. The minimum Gasteiger partial charge on any atom is -0.381 e. The van der Waals surface area contributed by atoms with Crippen LogP contribution in [0.2, 0.25) is 0 Å². The predicted molar refractivity (Wildman–Crippen MR) is 57.9 cm³/mol. The van der Waals surface area contributed by atoms with Crippen molar-refractivity contribution in [2.75, 3.05) is 13.2 Å². The number of nitrogens with zero attached hydrogens (tertiary/aromatic N) is 2. The van der Waals surface area contributed by atoms with Crippen molar-refractivity contribution in [1.29, 1.82) is 0 Å². The third-order valence-electron chi connectivity index (χ3n) is 1.99. The van der Waals surface area contributed by atoms with Crippen molar-refractivity contribution in [2.45, 2.75) is 38.5 Å². The Bertz CT molecular complexity index is 266. The highest BCUT2D eigenvalue weighted by atomic mass is 35.5. The maximum absolute atomic E-state index is 5.53. The molecular weight excluding hydrogens is 216 g/mol. The number of ether oxygens (including phenoxy) is 1. The van der Waals surface area contributed by atoms with Gasteiger partial charge in [-0.1, -0.05) is 24.9 Å². The summed E-state index contributed by atoms with van der Waals surface area (Å²) in [7, 11) is 0. The third kappa shape index (κ3) is 5.14. The Morgan fingerprint density at radius 2 is 2.20 bits per heavy atom. The Labute approximate surface area is 95.0 Å². The molecule has 15 heavy (non-hydrogen) atoms.